The van der Waals surface area contributed by atoms with Gasteiger partial charge in [-0.25, -0.2) is 0 Å². The minimum atomic E-state index is -1.15. The van der Waals surface area contributed by atoms with Gasteiger partial charge in [0.25, 0.3) is 0 Å². The molecule has 4 heteroatoms. The zero-order chi connectivity index (χ0) is 10.7. The van der Waals surface area contributed by atoms with E-state index in [-0.39, 0.29) is 0 Å². The summed E-state index contributed by atoms with van der Waals surface area (Å²) in [5.41, 5.74) is 0. The number of aliphatic hydroxyl groups excluding tert-OH is 3. The molecule has 1 aliphatic rings. The second-order valence-corrected chi connectivity index (χ2v) is 3.59. The van der Waals surface area contributed by atoms with Crippen LogP contribution in [0.5, 0.6) is 0 Å². The van der Waals surface area contributed by atoms with Crippen LogP contribution in [-0.4, -0.2) is 45.8 Å². The second-order valence-electron chi connectivity index (χ2n) is 3.59. The molecule has 0 radical (unpaired) electrons. The predicted octanol–water partition coefficient (Wildman–Crippen LogP) is -0.730. The third-order valence-corrected chi connectivity index (χ3v) is 2.52. The molecule has 1 aliphatic heterocycles. The van der Waals surface area contributed by atoms with Crippen LogP contribution >= 0.6 is 0 Å². The van der Waals surface area contributed by atoms with Gasteiger partial charge in [0.2, 0.25) is 0 Å². The van der Waals surface area contributed by atoms with Crippen molar-refractivity contribution in [2.45, 2.75) is 50.3 Å². The van der Waals surface area contributed by atoms with Gasteiger partial charge in [0.15, 0.2) is 0 Å². The molecule has 1 saturated heterocycles. The zero-order valence-corrected chi connectivity index (χ0v) is 8.13. The summed E-state index contributed by atoms with van der Waals surface area (Å²) in [4.78, 5) is 0. The summed E-state index contributed by atoms with van der Waals surface area (Å²) in [7, 11) is 0. The van der Waals surface area contributed by atoms with Crippen molar-refractivity contribution in [3.63, 3.8) is 0 Å². The maximum atomic E-state index is 9.55. The lowest BCUT2D eigenvalue weighted by Gasteiger charge is -2.39. The normalized spacial score (nSPS) is 43.2. The molecule has 1 rings (SSSR count). The number of rotatable bonds is 2. The highest BCUT2D eigenvalue weighted by Crippen LogP contribution is 2.23. The third kappa shape index (κ3) is 2.25. The lowest BCUT2D eigenvalue weighted by molar-refractivity contribution is -0.217. The van der Waals surface area contributed by atoms with E-state index >= 15 is 0 Å². The van der Waals surface area contributed by atoms with Crippen LogP contribution in [0.2, 0.25) is 0 Å². The molecule has 0 aromatic rings. The molecular formula is C10H16O4. The average Bonchev–Trinajstić information content (AvgIpc) is 2.18. The fraction of sp³-hybridized carbons (Fsp3) is 0.800. The zero-order valence-electron chi connectivity index (χ0n) is 8.13. The van der Waals surface area contributed by atoms with Crippen molar-refractivity contribution in [3.05, 3.63) is 0 Å². The first-order chi connectivity index (χ1) is 6.57. The fourth-order valence-electron chi connectivity index (χ4n) is 1.60. The van der Waals surface area contributed by atoms with Gasteiger partial charge >= 0.3 is 0 Å². The highest BCUT2D eigenvalue weighted by molar-refractivity contribution is 4.93. The summed E-state index contributed by atoms with van der Waals surface area (Å²) < 4.78 is 5.33. The predicted molar refractivity (Wildman–Crippen MR) is 50.4 cm³/mol. The Hall–Kier alpha value is -0.600. The van der Waals surface area contributed by atoms with E-state index in [1.165, 1.54) is 0 Å². The van der Waals surface area contributed by atoms with E-state index in [4.69, 9.17) is 11.2 Å². The summed E-state index contributed by atoms with van der Waals surface area (Å²) in [6.07, 6.45) is 1.85. The number of ether oxygens (including phenoxy) is 1. The van der Waals surface area contributed by atoms with Crippen molar-refractivity contribution in [2.24, 2.45) is 0 Å². The van der Waals surface area contributed by atoms with Gasteiger partial charge in [-0.15, -0.1) is 12.3 Å². The summed E-state index contributed by atoms with van der Waals surface area (Å²) in [6, 6.07) is 0. The van der Waals surface area contributed by atoms with Crippen LogP contribution in [0.4, 0.5) is 0 Å². The molecule has 1 heterocycles. The molecule has 0 aromatic heterocycles. The molecule has 4 nitrogen and oxygen atoms in total. The summed E-state index contributed by atoms with van der Waals surface area (Å²) in [6.45, 7) is 1.66. The van der Waals surface area contributed by atoms with E-state index in [0.29, 0.717) is 12.8 Å². The van der Waals surface area contributed by atoms with Crippen LogP contribution in [0.1, 0.15) is 19.8 Å². The number of aliphatic hydroxyl groups is 3. The van der Waals surface area contributed by atoms with Gasteiger partial charge in [-0.2, -0.15) is 0 Å². The SMILES string of the molecule is C#CCCC1OC(C)[C@H](O)[C@H](O)C1O. The van der Waals surface area contributed by atoms with Crippen LogP contribution in [0, 0.1) is 12.3 Å². The van der Waals surface area contributed by atoms with Gasteiger partial charge < -0.3 is 20.1 Å². The molecule has 5 atom stereocenters. The first-order valence-corrected chi connectivity index (χ1v) is 4.71. The topological polar surface area (TPSA) is 69.9 Å². The van der Waals surface area contributed by atoms with Crippen molar-refractivity contribution in [3.8, 4) is 12.3 Å². The largest absolute Gasteiger partial charge is 0.388 e. The lowest BCUT2D eigenvalue weighted by Crippen LogP contribution is -2.56. The smallest absolute Gasteiger partial charge is 0.111 e. The molecule has 1 fully saturated rings. The molecule has 80 valence electrons. The quantitative estimate of drug-likeness (QED) is 0.514. The summed E-state index contributed by atoms with van der Waals surface area (Å²) in [5, 5.41) is 28.4. The van der Waals surface area contributed by atoms with E-state index in [2.05, 4.69) is 5.92 Å². The minimum absolute atomic E-state index is 0.476. The lowest BCUT2D eigenvalue weighted by atomic mass is 9.93. The Bertz CT molecular complexity index is 223. The molecule has 0 aromatic carbocycles. The molecule has 0 amide bonds. The van der Waals surface area contributed by atoms with Gasteiger partial charge in [0.1, 0.15) is 18.3 Å². The van der Waals surface area contributed by atoms with Crippen LogP contribution in [0.15, 0.2) is 0 Å². The number of terminal acetylenes is 1. The Morgan fingerprint density at radius 1 is 1.21 bits per heavy atom. The number of hydrogen-bond acceptors (Lipinski definition) is 4. The van der Waals surface area contributed by atoms with Crippen LogP contribution in [0.3, 0.4) is 0 Å². The number of hydrogen-bond donors (Lipinski definition) is 3. The van der Waals surface area contributed by atoms with E-state index < -0.39 is 30.5 Å². The summed E-state index contributed by atoms with van der Waals surface area (Å²) >= 11 is 0. The van der Waals surface area contributed by atoms with Gasteiger partial charge in [-0.05, 0) is 13.3 Å². The van der Waals surface area contributed by atoms with Crippen molar-refractivity contribution < 1.29 is 20.1 Å². The average molecular weight is 200 g/mol. The monoisotopic (exact) mass is 200 g/mol. The van der Waals surface area contributed by atoms with Crippen LogP contribution in [0.25, 0.3) is 0 Å². The Balaban J connectivity index is 2.57. The summed E-state index contributed by atoms with van der Waals surface area (Å²) in [5.74, 6) is 2.44. The molecule has 14 heavy (non-hydrogen) atoms. The molecular weight excluding hydrogens is 184 g/mol. The van der Waals surface area contributed by atoms with E-state index in [1.54, 1.807) is 6.92 Å². The highest BCUT2D eigenvalue weighted by atomic mass is 16.5. The standard InChI is InChI=1S/C10H16O4/c1-3-4-5-7-9(12)10(13)8(11)6(2)14-7/h1,6-13H,4-5H2,2H3/t6?,7?,8-,9?,10-/m0/s1. The van der Waals surface area contributed by atoms with Gasteiger partial charge in [-0.3, -0.25) is 0 Å². The molecule has 0 spiro atoms. The van der Waals surface area contributed by atoms with E-state index in [0.717, 1.165) is 0 Å². The Morgan fingerprint density at radius 2 is 1.86 bits per heavy atom. The van der Waals surface area contributed by atoms with Crippen LogP contribution < -0.4 is 0 Å². The maximum Gasteiger partial charge on any atom is 0.111 e. The third-order valence-electron chi connectivity index (χ3n) is 2.52. The molecule has 0 aliphatic carbocycles. The Morgan fingerprint density at radius 3 is 2.43 bits per heavy atom. The van der Waals surface area contributed by atoms with Crippen LogP contribution in [-0.2, 0) is 4.74 Å². The van der Waals surface area contributed by atoms with Gasteiger partial charge in [-0.1, -0.05) is 0 Å². The van der Waals surface area contributed by atoms with Crippen molar-refractivity contribution >= 4 is 0 Å². The van der Waals surface area contributed by atoms with Crippen molar-refractivity contribution in [1.82, 2.24) is 0 Å². The first kappa shape index (κ1) is 11.5. The second kappa shape index (κ2) is 4.76. The highest BCUT2D eigenvalue weighted by Gasteiger charge is 2.41. The maximum absolute atomic E-state index is 9.55. The van der Waals surface area contributed by atoms with Crippen molar-refractivity contribution in [1.29, 1.82) is 0 Å². The molecule has 0 saturated carbocycles. The van der Waals surface area contributed by atoms with Gasteiger partial charge in [0, 0.05) is 6.42 Å². The fourth-order valence-corrected chi connectivity index (χ4v) is 1.60. The first-order valence-electron chi connectivity index (χ1n) is 4.71. The minimum Gasteiger partial charge on any atom is -0.388 e. The Kier molecular flexibility index (Phi) is 3.90. The molecule has 3 unspecified atom stereocenters. The molecule has 3 N–H and O–H groups in total. The van der Waals surface area contributed by atoms with E-state index in [1.807, 2.05) is 0 Å². The van der Waals surface area contributed by atoms with E-state index in [9.17, 15) is 15.3 Å². The molecule has 0 bridgehead atoms. The van der Waals surface area contributed by atoms with Gasteiger partial charge in [0.05, 0.1) is 12.2 Å². The Labute approximate surface area is 83.5 Å². The van der Waals surface area contributed by atoms with Crippen molar-refractivity contribution in [2.75, 3.05) is 0 Å².